The van der Waals surface area contributed by atoms with Gasteiger partial charge < -0.3 is 24.1 Å². The van der Waals surface area contributed by atoms with Crippen molar-refractivity contribution < 1.29 is 28.3 Å². The smallest absolute Gasteiger partial charge is 0.338 e. The molecule has 174 valence electrons. The number of nitrogens with zero attached hydrogens (tertiary/aromatic N) is 2. The fourth-order valence-corrected chi connectivity index (χ4v) is 2.82. The van der Waals surface area contributed by atoms with E-state index in [4.69, 9.17) is 18.7 Å². The van der Waals surface area contributed by atoms with Gasteiger partial charge in [-0.2, -0.15) is 4.98 Å². The van der Waals surface area contributed by atoms with Crippen LogP contribution in [-0.4, -0.2) is 35.7 Å². The number of anilines is 1. The number of hydrogen-bond donors (Lipinski definition) is 1. The van der Waals surface area contributed by atoms with Gasteiger partial charge in [-0.1, -0.05) is 31.1 Å². The highest BCUT2D eigenvalue weighted by Crippen LogP contribution is 2.23. The van der Waals surface area contributed by atoms with Crippen LogP contribution in [0.5, 0.6) is 11.5 Å². The van der Waals surface area contributed by atoms with E-state index in [9.17, 15) is 9.59 Å². The Morgan fingerprint density at radius 1 is 1.09 bits per heavy atom. The summed E-state index contributed by atoms with van der Waals surface area (Å²) in [6, 6.07) is 13.8. The summed E-state index contributed by atoms with van der Waals surface area (Å²) in [5.41, 5.74) is 0.918. The average Bonchev–Trinajstić information content (AvgIpc) is 3.25. The first-order valence-electron chi connectivity index (χ1n) is 10.6. The monoisotopic (exact) mass is 453 g/mol. The summed E-state index contributed by atoms with van der Waals surface area (Å²) >= 11 is 0. The maximum atomic E-state index is 12.3. The third-order valence-electron chi connectivity index (χ3n) is 4.59. The van der Waals surface area contributed by atoms with Gasteiger partial charge in [0.15, 0.2) is 12.4 Å². The van der Waals surface area contributed by atoms with Gasteiger partial charge in [0, 0.05) is 0 Å². The van der Waals surface area contributed by atoms with Crippen molar-refractivity contribution in [1.82, 2.24) is 10.1 Å². The number of methoxy groups -OCH3 is 1. The Hall–Kier alpha value is -3.88. The van der Waals surface area contributed by atoms with E-state index in [-0.39, 0.29) is 30.7 Å². The first kappa shape index (κ1) is 23.8. The van der Waals surface area contributed by atoms with Crippen LogP contribution in [0.15, 0.2) is 53.1 Å². The van der Waals surface area contributed by atoms with Crippen LogP contribution in [0.3, 0.4) is 0 Å². The molecule has 0 atom stereocenters. The lowest BCUT2D eigenvalue weighted by Crippen LogP contribution is -2.15. The summed E-state index contributed by atoms with van der Waals surface area (Å²) < 4.78 is 21.1. The van der Waals surface area contributed by atoms with Gasteiger partial charge in [0.1, 0.15) is 11.5 Å². The third kappa shape index (κ3) is 7.34. The van der Waals surface area contributed by atoms with Crippen molar-refractivity contribution in [1.29, 1.82) is 0 Å². The van der Waals surface area contributed by atoms with Crippen molar-refractivity contribution in [3.05, 3.63) is 65.8 Å². The van der Waals surface area contributed by atoms with E-state index in [0.29, 0.717) is 35.3 Å². The number of ether oxygens (including phenoxy) is 3. The minimum absolute atomic E-state index is 0.0945. The minimum atomic E-state index is -0.530. The van der Waals surface area contributed by atoms with Gasteiger partial charge >= 0.3 is 5.97 Å². The SMILES string of the molecule is COc1ccccc1NC(=O)Cc1noc(COC(=O)c2ccc(OCCC(C)C)cc2)n1. The van der Waals surface area contributed by atoms with Crippen molar-refractivity contribution in [3.8, 4) is 11.5 Å². The lowest BCUT2D eigenvalue weighted by Gasteiger charge is -2.08. The number of amides is 1. The molecular formula is C24H27N3O6. The molecule has 1 heterocycles. The zero-order valence-corrected chi connectivity index (χ0v) is 18.9. The van der Waals surface area contributed by atoms with Crippen LogP contribution in [0.2, 0.25) is 0 Å². The van der Waals surface area contributed by atoms with E-state index in [1.54, 1.807) is 48.5 Å². The van der Waals surface area contributed by atoms with Gasteiger partial charge in [-0.25, -0.2) is 4.79 Å². The molecule has 0 spiro atoms. The zero-order chi connectivity index (χ0) is 23.6. The summed E-state index contributed by atoms with van der Waals surface area (Å²) in [5.74, 6) is 1.21. The number of carbonyl (C=O) groups is 2. The summed E-state index contributed by atoms with van der Waals surface area (Å²) in [5, 5.41) is 6.49. The van der Waals surface area contributed by atoms with Crippen molar-refractivity contribution in [2.75, 3.05) is 19.0 Å². The molecular weight excluding hydrogens is 426 g/mol. The molecule has 1 amide bonds. The fraction of sp³-hybridized carbons (Fsp3) is 0.333. The second-order valence-corrected chi connectivity index (χ2v) is 7.66. The highest BCUT2D eigenvalue weighted by atomic mass is 16.6. The quantitative estimate of drug-likeness (QED) is 0.433. The number of aromatic nitrogens is 2. The van der Waals surface area contributed by atoms with Crippen LogP contribution in [0.4, 0.5) is 5.69 Å². The van der Waals surface area contributed by atoms with Gasteiger partial charge in [-0.15, -0.1) is 0 Å². The summed E-state index contributed by atoms with van der Waals surface area (Å²) in [4.78, 5) is 28.6. The van der Waals surface area contributed by atoms with Gasteiger partial charge in [-0.3, -0.25) is 4.79 Å². The lowest BCUT2D eigenvalue weighted by atomic mass is 10.1. The molecule has 0 aliphatic carbocycles. The van der Waals surface area contributed by atoms with E-state index in [1.807, 2.05) is 0 Å². The van der Waals surface area contributed by atoms with Gasteiger partial charge in [0.25, 0.3) is 5.89 Å². The molecule has 0 fully saturated rings. The summed E-state index contributed by atoms with van der Waals surface area (Å²) in [7, 11) is 1.52. The van der Waals surface area contributed by atoms with Gasteiger partial charge in [0.2, 0.25) is 5.91 Å². The molecule has 0 aliphatic rings. The Labute approximate surface area is 192 Å². The predicted octanol–water partition coefficient (Wildman–Crippen LogP) is 4.04. The molecule has 9 heteroatoms. The predicted molar refractivity (Wildman–Crippen MR) is 120 cm³/mol. The Bertz CT molecular complexity index is 1060. The Kier molecular flexibility index (Phi) is 8.40. The maximum absolute atomic E-state index is 12.3. The van der Waals surface area contributed by atoms with Gasteiger partial charge in [0.05, 0.1) is 31.4 Å². The molecule has 33 heavy (non-hydrogen) atoms. The van der Waals surface area contributed by atoms with E-state index < -0.39 is 5.97 Å². The summed E-state index contributed by atoms with van der Waals surface area (Å²) in [6.45, 7) is 4.68. The molecule has 0 saturated heterocycles. The molecule has 0 bridgehead atoms. The van der Waals surface area contributed by atoms with E-state index in [2.05, 4.69) is 29.3 Å². The maximum Gasteiger partial charge on any atom is 0.338 e. The molecule has 3 aromatic rings. The third-order valence-corrected chi connectivity index (χ3v) is 4.59. The van der Waals surface area contributed by atoms with Crippen LogP contribution in [0.1, 0.15) is 42.3 Å². The molecule has 0 saturated carbocycles. The molecule has 1 N–H and O–H groups in total. The average molecular weight is 453 g/mol. The highest BCUT2D eigenvalue weighted by Gasteiger charge is 2.15. The Morgan fingerprint density at radius 2 is 1.85 bits per heavy atom. The van der Waals surface area contributed by atoms with Crippen LogP contribution in [-0.2, 0) is 22.6 Å². The molecule has 9 nitrogen and oxygen atoms in total. The van der Waals surface area contributed by atoms with Crippen LogP contribution in [0.25, 0.3) is 0 Å². The largest absolute Gasteiger partial charge is 0.495 e. The second kappa shape index (κ2) is 11.7. The molecule has 3 rings (SSSR count). The molecule has 0 radical (unpaired) electrons. The highest BCUT2D eigenvalue weighted by molar-refractivity contribution is 5.93. The normalized spacial score (nSPS) is 10.7. The van der Waals surface area contributed by atoms with E-state index in [0.717, 1.165) is 6.42 Å². The first-order chi connectivity index (χ1) is 15.9. The first-order valence-corrected chi connectivity index (χ1v) is 10.6. The number of rotatable bonds is 11. The van der Waals surface area contributed by atoms with Crippen molar-refractivity contribution in [3.63, 3.8) is 0 Å². The Morgan fingerprint density at radius 3 is 2.58 bits per heavy atom. The zero-order valence-electron chi connectivity index (χ0n) is 18.9. The molecule has 0 aliphatic heterocycles. The topological polar surface area (TPSA) is 113 Å². The van der Waals surface area contributed by atoms with Crippen molar-refractivity contribution in [2.45, 2.75) is 33.3 Å². The lowest BCUT2D eigenvalue weighted by molar-refractivity contribution is -0.115. The van der Waals surface area contributed by atoms with Crippen LogP contribution >= 0.6 is 0 Å². The number of esters is 1. The fourth-order valence-electron chi connectivity index (χ4n) is 2.82. The van der Waals surface area contributed by atoms with Crippen LogP contribution in [0, 0.1) is 5.92 Å². The number of benzene rings is 2. The number of nitrogens with one attached hydrogen (secondary N) is 1. The van der Waals surface area contributed by atoms with E-state index >= 15 is 0 Å². The summed E-state index contributed by atoms with van der Waals surface area (Å²) in [6.07, 6.45) is 0.853. The molecule has 2 aromatic carbocycles. The number of para-hydroxylation sites is 2. The second-order valence-electron chi connectivity index (χ2n) is 7.66. The Balaban J connectivity index is 1.46. The molecule has 0 unspecified atom stereocenters. The van der Waals surface area contributed by atoms with Crippen molar-refractivity contribution in [2.24, 2.45) is 5.92 Å². The minimum Gasteiger partial charge on any atom is -0.495 e. The van der Waals surface area contributed by atoms with Crippen LogP contribution < -0.4 is 14.8 Å². The molecule has 1 aromatic heterocycles. The van der Waals surface area contributed by atoms with Crippen molar-refractivity contribution >= 4 is 17.6 Å². The number of carbonyl (C=O) groups excluding carboxylic acids is 2. The standard InChI is InChI=1S/C24H27N3O6/c1-16(2)12-13-31-18-10-8-17(9-11-18)24(29)32-15-23-26-21(27-33-23)14-22(28)25-19-6-4-5-7-20(19)30-3/h4-11,16H,12-15H2,1-3H3,(H,25,28). The van der Waals surface area contributed by atoms with Gasteiger partial charge in [-0.05, 0) is 48.7 Å². The van der Waals surface area contributed by atoms with E-state index in [1.165, 1.54) is 7.11 Å². The number of hydrogen-bond acceptors (Lipinski definition) is 8.